The molecule has 1 aliphatic heterocycles. The minimum Gasteiger partial charge on any atom is -0.448 e. The Hall–Kier alpha value is -0.880. The summed E-state index contributed by atoms with van der Waals surface area (Å²) in [6.07, 6.45) is 1.90. The van der Waals surface area contributed by atoms with E-state index >= 15 is 0 Å². The van der Waals surface area contributed by atoms with Crippen molar-refractivity contribution in [1.29, 1.82) is 0 Å². The average Bonchev–Trinajstić information content (AvgIpc) is 2.66. The number of aromatic nitrogens is 1. The molecule has 1 aliphatic rings. The van der Waals surface area contributed by atoms with Gasteiger partial charge in [0.25, 0.3) is 0 Å². The predicted molar refractivity (Wildman–Crippen MR) is 57.8 cm³/mol. The van der Waals surface area contributed by atoms with Crippen LogP contribution in [0.2, 0.25) is 0 Å². The maximum atomic E-state index is 11.2. The van der Waals surface area contributed by atoms with Crippen LogP contribution in [0.5, 0.6) is 0 Å². The van der Waals surface area contributed by atoms with E-state index in [0.29, 0.717) is 24.4 Å². The number of hydrogen-bond acceptors (Lipinski definition) is 5. The van der Waals surface area contributed by atoms with E-state index in [0.717, 1.165) is 0 Å². The lowest BCUT2D eigenvalue weighted by atomic mass is 10.0. The third-order valence-corrected chi connectivity index (χ3v) is 4.59. The number of nitrogens with zero attached hydrogens (tertiary/aromatic N) is 1. The first-order valence-electron chi connectivity index (χ1n) is 5.32. The first kappa shape index (κ1) is 11.6. The van der Waals surface area contributed by atoms with E-state index < -0.39 is 15.9 Å². The van der Waals surface area contributed by atoms with E-state index in [-0.39, 0.29) is 17.4 Å². The largest absolute Gasteiger partial charge is 0.448 e. The van der Waals surface area contributed by atoms with Crippen LogP contribution in [0.4, 0.5) is 0 Å². The minimum absolute atomic E-state index is 0.0658. The Morgan fingerprint density at radius 3 is 2.62 bits per heavy atom. The monoisotopic (exact) mass is 245 g/mol. The van der Waals surface area contributed by atoms with Gasteiger partial charge in [-0.25, -0.2) is 13.4 Å². The summed E-state index contributed by atoms with van der Waals surface area (Å²) in [7, 11) is -2.85. The zero-order valence-electron chi connectivity index (χ0n) is 9.09. The van der Waals surface area contributed by atoms with Gasteiger partial charge in [0.1, 0.15) is 21.8 Å². The van der Waals surface area contributed by atoms with Gasteiger partial charge in [-0.2, -0.15) is 0 Å². The smallest absolute Gasteiger partial charge is 0.197 e. The number of aliphatic hydroxyl groups is 1. The molecule has 1 aromatic heterocycles. The van der Waals surface area contributed by atoms with E-state index in [1.807, 2.05) is 0 Å². The summed E-state index contributed by atoms with van der Waals surface area (Å²) < 4.78 is 27.8. The third-order valence-electron chi connectivity index (χ3n) is 2.87. The molecule has 16 heavy (non-hydrogen) atoms. The van der Waals surface area contributed by atoms with Crippen molar-refractivity contribution in [2.24, 2.45) is 0 Å². The summed E-state index contributed by atoms with van der Waals surface area (Å²) in [5, 5.41) is 9.30. The zero-order chi connectivity index (χ0) is 11.8. The van der Waals surface area contributed by atoms with Crippen LogP contribution < -0.4 is 0 Å². The van der Waals surface area contributed by atoms with Crippen molar-refractivity contribution in [3.8, 4) is 0 Å². The van der Waals surface area contributed by atoms with Crippen molar-refractivity contribution in [3.63, 3.8) is 0 Å². The number of hydrogen-bond donors (Lipinski definition) is 1. The van der Waals surface area contributed by atoms with Gasteiger partial charge in [0, 0.05) is 5.92 Å². The summed E-state index contributed by atoms with van der Waals surface area (Å²) in [6.45, 7) is 1.62. The molecule has 0 spiro atoms. The molecule has 90 valence electrons. The third kappa shape index (κ3) is 2.44. The van der Waals surface area contributed by atoms with E-state index in [9.17, 15) is 13.5 Å². The maximum Gasteiger partial charge on any atom is 0.197 e. The Morgan fingerprint density at radius 2 is 2.12 bits per heavy atom. The van der Waals surface area contributed by atoms with Crippen molar-refractivity contribution >= 4 is 9.84 Å². The van der Waals surface area contributed by atoms with E-state index in [1.165, 1.54) is 6.26 Å². The Balaban J connectivity index is 2.08. The molecule has 1 unspecified atom stereocenters. The fourth-order valence-corrected chi connectivity index (χ4v) is 3.31. The topological polar surface area (TPSA) is 80.4 Å². The highest BCUT2D eigenvalue weighted by Crippen LogP contribution is 2.29. The van der Waals surface area contributed by atoms with Crippen LogP contribution >= 0.6 is 0 Å². The molecule has 1 aromatic rings. The maximum absolute atomic E-state index is 11.2. The Kier molecular flexibility index (Phi) is 3.03. The molecule has 0 amide bonds. The molecular formula is C10H15NO4S. The molecule has 2 rings (SSSR count). The van der Waals surface area contributed by atoms with Gasteiger partial charge in [0.2, 0.25) is 0 Å². The lowest BCUT2D eigenvalue weighted by molar-refractivity contribution is 0.194. The Labute approximate surface area is 94.4 Å². The lowest BCUT2D eigenvalue weighted by Crippen LogP contribution is -2.22. The molecule has 0 radical (unpaired) electrons. The molecule has 1 fully saturated rings. The molecule has 0 saturated carbocycles. The number of oxazole rings is 1. The van der Waals surface area contributed by atoms with Crippen LogP contribution in [0.15, 0.2) is 10.7 Å². The normalized spacial score (nSPS) is 23.1. The first-order chi connectivity index (χ1) is 7.48. The molecule has 1 atom stereocenters. The second kappa shape index (κ2) is 4.18. The quantitative estimate of drug-likeness (QED) is 0.841. The molecule has 0 bridgehead atoms. The first-order valence-corrected chi connectivity index (χ1v) is 7.14. The number of rotatable bonds is 2. The summed E-state index contributed by atoms with van der Waals surface area (Å²) >= 11 is 0. The fourth-order valence-electron chi connectivity index (χ4n) is 1.82. The van der Waals surface area contributed by atoms with Crippen LogP contribution in [-0.4, -0.2) is 30.0 Å². The summed E-state index contributed by atoms with van der Waals surface area (Å²) in [4.78, 5) is 4.17. The Bertz CT molecular complexity index is 449. The molecule has 0 aliphatic carbocycles. The van der Waals surface area contributed by atoms with Crippen molar-refractivity contribution < 1.29 is 17.9 Å². The zero-order valence-corrected chi connectivity index (χ0v) is 9.90. The van der Waals surface area contributed by atoms with Crippen LogP contribution in [0, 0.1) is 0 Å². The van der Waals surface area contributed by atoms with Crippen molar-refractivity contribution in [2.75, 3.05) is 11.5 Å². The molecule has 5 nitrogen and oxygen atoms in total. The molecule has 1 saturated heterocycles. The summed E-state index contributed by atoms with van der Waals surface area (Å²) in [6, 6.07) is 0. The molecular weight excluding hydrogens is 230 g/mol. The SMILES string of the molecule is CC(O)c1coc(C2CCS(=O)(=O)CC2)n1. The highest BCUT2D eigenvalue weighted by Gasteiger charge is 2.28. The summed E-state index contributed by atoms with van der Waals surface area (Å²) in [5.74, 6) is 1.01. The molecule has 2 heterocycles. The van der Waals surface area contributed by atoms with Gasteiger partial charge in [-0.05, 0) is 19.8 Å². The highest BCUT2D eigenvalue weighted by atomic mass is 32.2. The van der Waals surface area contributed by atoms with Crippen LogP contribution in [-0.2, 0) is 9.84 Å². The van der Waals surface area contributed by atoms with E-state index in [4.69, 9.17) is 4.42 Å². The lowest BCUT2D eigenvalue weighted by Gasteiger charge is -2.18. The standard InChI is InChI=1S/C10H15NO4S/c1-7(12)9-6-15-10(11-9)8-2-4-16(13,14)5-3-8/h6-8,12H,2-5H2,1H3. The van der Waals surface area contributed by atoms with Gasteiger partial charge >= 0.3 is 0 Å². The second-order valence-electron chi connectivity index (χ2n) is 4.21. The van der Waals surface area contributed by atoms with Crippen LogP contribution in [0.25, 0.3) is 0 Å². The predicted octanol–water partition coefficient (Wildman–Crippen LogP) is 1.02. The molecule has 6 heteroatoms. The van der Waals surface area contributed by atoms with Crippen LogP contribution in [0.1, 0.15) is 43.4 Å². The van der Waals surface area contributed by atoms with Crippen molar-refractivity contribution in [3.05, 3.63) is 17.8 Å². The number of sulfone groups is 1. The van der Waals surface area contributed by atoms with Gasteiger partial charge in [-0.1, -0.05) is 0 Å². The average molecular weight is 245 g/mol. The Morgan fingerprint density at radius 1 is 1.50 bits per heavy atom. The highest BCUT2D eigenvalue weighted by molar-refractivity contribution is 7.91. The van der Waals surface area contributed by atoms with Gasteiger partial charge in [-0.15, -0.1) is 0 Å². The van der Waals surface area contributed by atoms with Crippen LogP contribution in [0.3, 0.4) is 0 Å². The summed E-state index contributed by atoms with van der Waals surface area (Å²) in [5.41, 5.74) is 0.503. The van der Waals surface area contributed by atoms with Gasteiger partial charge in [0.05, 0.1) is 17.6 Å². The minimum atomic E-state index is -2.85. The van der Waals surface area contributed by atoms with Crippen molar-refractivity contribution in [2.45, 2.75) is 31.8 Å². The molecule has 0 aromatic carbocycles. The van der Waals surface area contributed by atoms with E-state index in [1.54, 1.807) is 6.92 Å². The van der Waals surface area contributed by atoms with Gasteiger partial charge in [-0.3, -0.25) is 0 Å². The van der Waals surface area contributed by atoms with Gasteiger partial charge in [0.15, 0.2) is 5.89 Å². The van der Waals surface area contributed by atoms with Gasteiger partial charge < -0.3 is 9.52 Å². The molecule has 1 N–H and O–H groups in total. The van der Waals surface area contributed by atoms with E-state index in [2.05, 4.69) is 4.98 Å². The van der Waals surface area contributed by atoms with Crippen molar-refractivity contribution in [1.82, 2.24) is 4.98 Å². The fraction of sp³-hybridized carbons (Fsp3) is 0.700. The number of aliphatic hydroxyl groups excluding tert-OH is 1. The second-order valence-corrected chi connectivity index (χ2v) is 6.52.